The first-order chi connectivity index (χ1) is 14.5. The van der Waals surface area contributed by atoms with Gasteiger partial charge in [0.05, 0.1) is 24.4 Å². The molecule has 3 aromatic rings. The highest BCUT2D eigenvalue weighted by atomic mass is 79.9. The SMILES string of the molecule is CCOC(=O)COc1c(Br)cc(/C=N/NC(=O)c2cc3ccccc3o2)cc1OC. The summed E-state index contributed by atoms with van der Waals surface area (Å²) in [7, 11) is 1.48. The molecule has 0 fully saturated rings. The number of fused-ring (bicyclic) bond motifs is 1. The Morgan fingerprint density at radius 3 is 2.77 bits per heavy atom. The number of furan rings is 1. The van der Waals surface area contributed by atoms with Gasteiger partial charge < -0.3 is 18.6 Å². The smallest absolute Gasteiger partial charge is 0.344 e. The van der Waals surface area contributed by atoms with E-state index in [-0.39, 0.29) is 19.0 Å². The number of benzene rings is 2. The molecule has 3 rings (SSSR count). The summed E-state index contributed by atoms with van der Waals surface area (Å²) >= 11 is 3.38. The van der Waals surface area contributed by atoms with Gasteiger partial charge in [-0.15, -0.1) is 0 Å². The zero-order valence-electron chi connectivity index (χ0n) is 16.3. The van der Waals surface area contributed by atoms with E-state index in [1.54, 1.807) is 31.2 Å². The molecular weight excluding hydrogens is 456 g/mol. The molecular formula is C21H19BrN2O6. The Balaban J connectivity index is 1.68. The number of nitrogens with zero attached hydrogens (tertiary/aromatic N) is 1. The Morgan fingerprint density at radius 1 is 1.23 bits per heavy atom. The Bertz CT molecular complexity index is 1060. The summed E-state index contributed by atoms with van der Waals surface area (Å²) in [6.45, 7) is 1.75. The minimum Gasteiger partial charge on any atom is -0.493 e. The van der Waals surface area contributed by atoms with Gasteiger partial charge in [0.2, 0.25) is 0 Å². The summed E-state index contributed by atoms with van der Waals surface area (Å²) in [5, 5.41) is 4.79. The number of hydrogen-bond acceptors (Lipinski definition) is 7. The maximum Gasteiger partial charge on any atom is 0.344 e. The average Bonchev–Trinajstić information content (AvgIpc) is 3.17. The normalized spacial score (nSPS) is 10.9. The molecule has 0 bridgehead atoms. The van der Waals surface area contributed by atoms with Gasteiger partial charge in [-0.25, -0.2) is 10.2 Å². The molecule has 0 radical (unpaired) electrons. The van der Waals surface area contributed by atoms with Gasteiger partial charge in [0.25, 0.3) is 0 Å². The summed E-state index contributed by atoms with van der Waals surface area (Å²) in [5.41, 5.74) is 3.68. The first kappa shape index (κ1) is 21.4. The molecule has 9 heteroatoms. The average molecular weight is 475 g/mol. The fourth-order valence-corrected chi connectivity index (χ4v) is 3.18. The molecule has 0 aliphatic carbocycles. The van der Waals surface area contributed by atoms with E-state index in [0.717, 1.165) is 5.39 Å². The molecule has 2 aromatic carbocycles. The van der Waals surface area contributed by atoms with Crippen LogP contribution in [0.3, 0.4) is 0 Å². The van der Waals surface area contributed by atoms with Crippen LogP contribution in [0.2, 0.25) is 0 Å². The topological polar surface area (TPSA) is 99.4 Å². The Hall–Kier alpha value is -3.33. The third-order valence-electron chi connectivity index (χ3n) is 3.92. The van der Waals surface area contributed by atoms with Crippen LogP contribution in [-0.2, 0) is 9.53 Å². The van der Waals surface area contributed by atoms with Gasteiger partial charge in [0.15, 0.2) is 23.9 Å². The van der Waals surface area contributed by atoms with E-state index in [1.807, 2.05) is 18.2 Å². The predicted molar refractivity (Wildman–Crippen MR) is 114 cm³/mol. The highest BCUT2D eigenvalue weighted by molar-refractivity contribution is 9.10. The van der Waals surface area contributed by atoms with E-state index < -0.39 is 11.9 Å². The molecule has 0 unspecified atom stereocenters. The fraction of sp³-hybridized carbons (Fsp3) is 0.190. The lowest BCUT2D eigenvalue weighted by molar-refractivity contribution is -0.145. The number of nitrogens with one attached hydrogen (secondary N) is 1. The predicted octanol–water partition coefficient (Wildman–Crippen LogP) is 3.91. The van der Waals surface area contributed by atoms with Crippen LogP contribution in [0.25, 0.3) is 11.0 Å². The van der Waals surface area contributed by atoms with E-state index in [0.29, 0.717) is 27.1 Å². The molecule has 8 nitrogen and oxygen atoms in total. The van der Waals surface area contributed by atoms with E-state index in [2.05, 4.69) is 26.5 Å². The molecule has 156 valence electrons. The number of carbonyl (C=O) groups excluding carboxylic acids is 2. The molecule has 1 N–H and O–H groups in total. The molecule has 1 amide bonds. The van der Waals surface area contributed by atoms with Crippen LogP contribution in [0.15, 0.2) is 56.5 Å². The van der Waals surface area contributed by atoms with Crippen LogP contribution < -0.4 is 14.9 Å². The van der Waals surface area contributed by atoms with Crippen molar-refractivity contribution in [1.82, 2.24) is 5.43 Å². The van der Waals surface area contributed by atoms with Crippen LogP contribution in [-0.4, -0.2) is 38.4 Å². The number of hydrazone groups is 1. The van der Waals surface area contributed by atoms with Crippen molar-refractivity contribution in [3.63, 3.8) is 0 Å². The first-order valence-electron chi connectivity index (χ1n) is 8.99. The summed E-state index contributed by atoms with van der Waals surface area (Å²) in [6.07, 6.45) is 1.45. The van der Waals surface area contributed by atoms with Crippen LogP contribution in [0.5, 0.6) is 11.5 Å². The number of ether oxygens (including phenoxy) is 3. The summed E-state index contributed by atoms with van der Waals surface area (Å²) in [4.78, 5) is 23.7. The standard InChI is InChI=1S/C21H19BrN2O6/c1-3-28-19(25)12-29-20-15(22)8-13(9-17(20)27-2)11-23-24-21(26)18-10-14-6-4-5-7-16(14)30-18/h4-11H,3,12H2,1-2H3,(H,24,26)/b23-11+. The minimum atomic E-state index is -0.481. The fourth-order valence-electron chi connectivity index (χ4n) is 2.60. The van der Waals surface area contributed by atoms with Gasteiger partial charge in [-0.3, -0.25) is 4.79 Å². The largest absolute Gasteiger partial charge is 0.493 e. The molecule has 0 aliphatic heterocycles. The van der Waals surface area contributed by atoms with Crippen molar-refractivity contribution >= 4 is 45.0 Å². The molecule has 30 heavy (non-hydrogen) atoms. The highest BCUT2D eigenvalue weighted by Gasteiger charge is 2.14. The lowest BCUT2D eigenvalue weighted by atomic mass is 10.2. The van der Waals surface area contributed by atoms with Crippen molar-refractivity contribution in [3.05, 3.63) is 58.3 Å². The van der Waals surface area contributed by atoms with Gasteiger partial charge >= 0.3 is 11.9 Å². The number of methoxy groups -OCH3 is 1. The van der Waals surface area contributed by atoms with E-state index >= 15 is 0 Å². The number of esters is 1. The number of carbonyl (C=O) groups is 2. The number of halogens is 1. The lowest BCUT2D eigenvalue weighted by Gasteiger charge is -2.13. The summed E-state index contributed by atoms with van der Waals surface area (Å²) in [5.74, 6) is -0.0455. The van der Waals surface area contributed by atoms with Gasteiger partial charge in [-0.2, -0.15) is 5.10 Å². The quantitative estimate of drug-likeness (QED) is 0.301. The summed E-state index contributed by atoms with van der Waals surface area (Å²) < 4.78 is 21.7. The number of hydrogen-bond donors (Lipinski definition) is 1. The van der Waals surface area contributed by atoms with Crippen molar-refractivity contribution in [2.45, 2.75) is 6.92 Å². The second-order valence-electron chi connectivity index (χ2n) is 5.98. The maximum absolute atomic E-state index is 12.2. The van der Waals surface area contributed by atoms with Crippen molar-refractivity contribution < 1.29 is 28.2 Å². The maximum atomic E-state index is 12.2. The molecule has 1 aromatic heterocycles. The second kappa shape index (κ2) is 9.93. The molecule has 1 heterocycles. The number of para-hydroxylation sites is 1. The van der Waals surface area contributed by atoms with Crippen LogP contribution in [0.4, 0.5) is 0 Å². The van der Waals surface area contributed by atoms with Crippen molar-refractivity contribution in [3.8, 4) is 11.5 Å². The third kappa shape index (κ3) is 5.18. The molecule has 0 saturated carbocycles. The summed E-state index contributed by atoms with van der Waals surface area (Å²) in [6, 6.07) is 12.3. The van der Waals surface area contributed by atoms with Gasteiger partial charge in [0, 0.05) is 5.39 Å². The van der Waals surface area contributed by atoms with Gasteiger partial charge in [0.1, 0.15) is 5.58 Å². The van der Waals surface area contributed by atoms with Gasteiger partial charge in [-0.1, -0.05) is 18.2 Å². The molecule has 0 saturated heterocycles. The Labute approximate surface area is 180 Å². The molecule has 0 spiro atoms. The monoisotopic (exact) mass is 474 g/mol. The number of amides is 1. The Kier molecular flexibility index (Phi) is 7.08. The van der Waals surface area contributed by atoms with E-state index in [9.17, 15) is 9.59 Å². The molecule has 0 aliphatic rings. The van der Waals surface area contributed by atoms with E-state index in [4.69, 9.17) is 18.6 Å². The lowest BCUT2D eigenvalue weighted by Crippen LogP contribution is -2.16. The van der Waals surface area contributed by atoms with Crippen molar-refractivity contribution in [2.75, 3.05) is 20.3 Å². The Morgan fingerprint density at radius 2 is 2.03 bits per heavy atom. The van der Waals surface area contributed by atoms with Crippen LogP contribution >= 0.6 is 15.9 Å². The second-order valence-corrected chi connectivity index (χ2v) is 6.83. The zero-order valence-corrected chi connectivity index (χ0v) is 17.9. The third-order valence-corrected chi connectivity index (χ3v) is 4.51. The first-order valence-corrected chi connectivity index (χ1v) is 9.79. The van der Waals surface area contributed by atoms with Crippen molar-refractivity contribution in [2.24, 2.45) is 5.10 Å². The number of rotatable bonds is 8. The highest BCUT2D eigenvalue weighted by Crippen LogP contribution is 2.36. The van der Waals surface area contributed by atoms with Gasteiger partial charge in [-0.05, 0) is 52.7 Å². The zero-order chi connectivity index (χ0) is 21.5. The molecule has 0 atom stereocenters. The van der Waals surface area contributed by atoms with Crippen molar-refractivity contribution in [1.29, 1.82) is 0 Å². The minimum absolute atomic E-state index is 0.162. The van der Waals surface area contributed by atoms with Crippen LogP contribution in [0.1, 0.15) is 23.0 Å². The van der Waals surface area contributed by atoms with E-state index in [1.165, 1.54) is 13.3 Å². The van der Waals surface area contributed by atoms with Crippen LogP contribution in [0, 0.1) is 0 Å².